The predicted octanol–water partition coefficient (Wildman–Crippen LogP) is 3.39. The van der Waals surface area contributed by atoms with Crippen LogP contribution in [0.5, 0.6) is 5.75 Å². The van der Waals surface area contributed by atoms with Gasteiger partial charge in [0.2, 0.25) is 0 Å². The summed E-state index contributed by atoms with van der Waals surface area (Å²) in [6, 6.07) is 14.0. The smallest absolute Gasteiger partial charge is 0.138 e. The minimum absolute atomic E-state index is 0.747. The lowest BCUT2D eigenvalue weighted by atomic mass is 9.99. The van der Waals surface area contributed by atoms with E-state index in [9.17, 15) is 0 Å². The first-order valence-corrected chi connectivity index (χ1v) is 6.70. The zero-order valence-corrected chi connectivity index (χ0v) is 11.1. The summed E-state index contributed by atoms with van der Waals surface area (Å²) in [5.74, 6) is 9.91. The van der Waals surface area contributed by atoms with Gasteiger partial charge in [-0.05, 0) is 42.7 Å². The van der Waals surface area contributed by atoms with Crippen molar-refractivity contribution < 1.29 is 4.74 Å². The van der Waals surface area contributed by atoms with Crippen LogP contribution < -0.4 is 4.74 Å². The lowest BCUT2D eigenvalue weighted by molar-refractivity contribution is 0.287. The number of terminal acetylenes is 1. The van der Waals surface area contributed by atoms with Gasteiger partial charge in [-0.1, -0.05) is 36.0 Å². The molecule has 0 radical (unpaired) electrons. The summed E-state index contributed by atoms with van der Waals surface area (Å²) in [5.41, 5.74) is 3.93. The van der Waals surface area contributed by atoms with Gasteiger partial charge in [-0.15, -0.1) is 6.42 Å². The molecule has 0 saturated heterocycles. The topological polar surface area (TPSA) is 9.23 Å². The fourth-order valence-electron chi connectivity index (χ4n) is 2.33. The van der Waals surface area contributed by atoms with Crippen molar-refractivity contribution in [3.05, 3.63) is 64.7 Å². The zero-order valence-electron chi connectivity index (χ0n) is 11.1. The van der Waals surface area contributed by atoms with Gasteiger partial charge in [0.25, 0.3) is 0 Å². The van der Waals surface area contributed by atoms with Crippen LogP contribution in [0.3, 0.4) is 0 Å². The van der Waals surface area contributed by atoms with E-state index in [1.54, 1.807) is 0 Å². The molecule has 2 aromatic rings. The van der Waals surface area contributed by atoms with Gasteiger partial charge < -0.3 is 4.74 Å². The van der Waals surface area contributed by atoms with Crippen molar-refractivity contribution in [2.45, 2.75) is 12.8 Å². The second-order valence-corrected chi connectivity index (χ2v) is 4.72. The maximum atomic E-state index is 5.67. The third kappa shape index (κ3) is 2.53. The Hall–Kier alpha value is -2.64. The molecule has 3 rings (SSSR count). The van der Waals surface area contributed by atoms with Gasteiger partial charge in [-0.25, -0.2) is 0 Å². The average molecular weight is 258 g/mol. The van der Waals surface area contributed by atoms with Crippen LogP contribution in [0.25, 0.3) is 0 Å². The molecule has 0 N–H and O–H groups in total. The van der Waals surface area contributed by atoms with Crippen LogP contribution >= 0.6 is 0 Å². The van der Waals surface area contributed by atoms with E-state index in [1.165, 1.54) is 5.56 Å². The molecule has 2 aromatic carbocycles. The molecule has 20 heavy (non-hydrogen) atoms. The largest absolute Gasteiger partial charge is 0.492 e. The van der Waals surface area contributed by atoms with Gasteiger partial charge in [0.15, 0.2) is 0 Å². The second-order valence-electron chi connectivity index (χ2n) is 4.72. The van der Waals surface area contributed by atoms with Crippen LogP contribution in [-0.4, -0.2) is 6.61 Å². The van der Waals surface area contributed by atoms with Crippen molar-refractivity contribution in [1.29, 1.82) is 0 Å². The number of rotatable bonds is 0. The van der Waals surface area contributed by atoms with E-state index in [4.69, 9.17) is 11.2 Å². The highest BCUT2D eigenvalue weighted by Gasteiger charge is 2.14. The monoisotopic (exact) mass is 258 g/mol. The highest BCUT2D eigenvalue weighted by Crippen LogP contribution is 2.29. The Bertz CT molecular complexity index is 724. The molecule has 0 spiro atoms. The van der Waals surface area contributed by atoms with E-state index < -0.39 is 0 Å². The van der Waals surface area contributed by atoms with Crippen LogP contribution in [0.2, 0.25) is 0 Å². The zero-order chi connectivity index (χ0) is 13.8. The normalized spacial score (nSPS) is 12.3. The summed E-state index contributed by atoms with van der Waals surface area (Å²) in [6.07, 6.45) is 7.61. The van der Waals surface area contributed by atoms with Crippen LogP contribution in [0, 0.1) is 24.2 Å². The third-order valence-electron chi connectivity index (χ3n) is 3.28. The van der Waals surface area contributed by atoms with Crippen LogP contribution in [0.4, 0.5) is 0 Å². The quantitative estimate of drug-likeness (QED) is 0.658. The molecule has 96 valence electrons. The Balaban J connectivity index is 2.00. The fourth-order valence-corrected chi connectivity index (χ4v) is 2.33. The van der Waals surface area contributed by atoms with Crippen LogP contribution in [0.1, 0.15) is 28.7 Å². The number of benzene rings is 2. The first-order chi connectivity index (χ1) is 9.86. The average Bonchev–Trinajstić information content (AvgIpc) is 2.53. The molecular formula is C19H14O. The van der Waals surface area contributed by atoms with Crippen molar-refractivity contribution in [1.82, 2.24) is 0 Å². The maximum Gasteiger partial charge on any atom is 0.138 e. The summed E-state index contributed by atoms with van der Waals surface area (Å²) < 4.78 is 5.67. The van der Waals surface area contributed by atoms with Crippen molar-refractivity contribution in [2.24, 2.45) is 0 Å². The summed E-state index contributed by atoms with van der Waals surface area (Å²) in [7, 11) is 0. The highest BCUT2D eigenvalue weighted by atomic mass is 16.5. The first kappa shape index (κ1) is 12.4. The lowest BCUT2D eigenvalue weighted by Crippen LogP contribution is -2.10. The molecule has 0 fully saturated rings. The minimum atomic E-state index is 0.747. The Labute approximate surface area is 119 Å². The molecule has 1 nitrogen and oxygen atoms in total. The number of aryl methyl sites for hydroxylation is 1. The summed E-state index contributed by atoms with van der Waals surface area (Å²) in [6.45, 7) is 0.747. The van der Waals surface area contributed by atoms with Crippen molar-refractivity contribution in [3.8, 4) is 29.9 Å². The van der Waals surface area contributed by atoms with E-state index in [0.29, 0.717) is 0 Å². The molecule has 0 unspecified atom stereocenters. The first-order valence-electron chi connectivity index (χ1n) is 6.70. The highest BCUT2D eigenvalue weighted by molar-refractivity contribution is 5.57. The van der Waals surface area contributed by atoms with Gasteiger partial charge >= 0.3 is 0 Å². The summed E-state index contributed by atoms with van der Waals surface area (Å²) in [4.78, 5) is 0. The molecule has 0 aromatic heterocycles. The molecule has 0 atom stereocenters. The molecule has 0 bridgehead atoms. The molecule has 1 heterocycles. The molecular weight excluding hydrogens is 244 g/mol. The van der Waals surface area contributed by atoms with Crippen LogP contribution in [-0.2, 0) is 6.42 Å². The van der Waals surface area contributed by atoms with E-state index in [0.717, 1.165) is 41.9 Å². The van der Waals surface area contributed by atoms with Gasteiger partial charge in [0.1, 0.15) is 5.75 Å². The second kappa shape index (κ2) is 5.55. The maximum absolute atomic E-state index is 5.67. The molecule has 1 aliphatic heterocycles. The number of hydrogen-bond acceptors (Lipinski definition) is 1. The molecule has 1 aliphatic rings. The van der Waals surface area contributed by atoms with E-state index >= 15 is 0 Å². The SMILES string of the molecule is C#Cc1cc(C#Cc2ccccc2)cc2c1OCCC2. The Morgan fingerprint density at radius 3 is 2.60 bits per heavy atom. The van der Waals surface area contributed by atoms with Crippen molar-refractivity contribution in [2.75, 3.05) is 6.61 Å². The Kier molecular flexibility index (Phi) is 3.44. The number of hydrogen-bond donors (Lipinski definition) is 0. The van der Waals surface area contributed by atoms with Gasteiger partial charge in [-0.3, -0.25) is 0 Å². The number of fused-ring (bicyclic) bond motifs is 1. The molecule has 0 saturated carbocycles. The van der Waals surface area contributed by atoms with Crippen molar-refractivity contribution in [3.63, 3.8) is 0 Å². The number of ether oxygens (including phenoxy) is 1. The fraction of sp³-hybridized carbons (Fsp3) is 0.158. The molecule has 0 amide bonds. The third-order valence-corrected chi connectivity index (χ3v) is 3.28. The summed E-state index contributed by atoms with van der Waals surface area (Å²) >= 11 is 0. The van der Waals surface area contributed by atoms with Gasteiger partial charge in [0, 0.05) is 11.1 Å². The molecule has 1 heteroatoms. The summed E-state index contributed by atoms with van der Waals surface area (Å²) in [5, 5.41) is 0. The van der Waals surface area contributed by atoms with Crippen LogP contribution in [0.15, 0.2) is 42.5 Å². The lowest BCUT2D eigenvalue weighted by Gasteiger charge is -2.18. The van der Waals surface area contributed by atoms with Gasteiger partial charge in [0.05, 0.1) is 12.2 Å². The van der Waals surface area contributed by atoms with E-state index in [1.807, 2.05) is 36.4 Å². The van der Waals surface area contributed by atoms with E-state index in [2.05, 4.69) is 23.8 Å². The predicted molar refractivity (Wildman–Crippen MR) is 80.6 cm³/mol. The minimum Gasteiger partial charge on any atom is -0.492 e. The standard InChI is InChI=1S/C19H14O/c1-2-17-13-16(11-10-15-7-4-3-5-8-15)14-18-9-6-12-20-19(17)18/h1,3-5,7-8,13-14H,6,9,12H2. The van der Waals surface area contributed by atoms with E-state index in [-0.39, 0.29) is 0 Å². The Morgan fingerprint density at radius 2 is 1.80 bits per heavy atom. The van der Waals surface area contributed by atoms with Gasteiger partial charge in [-0.2, -0.15) is 0 Å². The Morgan fingerprint density at radius 1 is 1.00 bits per heavy atom. The molecule has 0 aliphatic carbocycles. The van der Waals surface area contributed by atoms with Crippen molar-refractivity contribution >= 4 is 0 Å².